The van der Waals surface area contributed by atoms with Crippen molar-refractivity contribution in [1.82, 2.24) is 15.2 Å². The Morgan fingerprint density at radius 1 is 1.39 bits per heavy atom. The first kappa shape index (κ1) is 13.5. The van der Waals surface area contributed by atoms with Crippen molar-refractivity contribution >= 4 is 11.3 Å². The molecule has 1 N–H and O–H groups in total. The van der Waals surface area contributed by atoms with Crippen molar-refractivity contribution in [2.75, 3.05) is 13.1 Å². The molecule has 1 aliphatic rings. The van der Waals surface area contributed by atoms with E-state index in [1.54, 1.807) is 11.3 Å². The van der Waals surface area contributed by atoms with Gasteiger partial charge in [0.2, 0.25) is 0 Å². The Kier molecular flexibility index (Phi) is 5.11. The first-order valence-corrected chi connectivity index (χ1v) is 7.30. The molecule has 1 aliphatic carbocycles. The second kappa shape index (κ2) is 6.83. The van der Waals surface area contributed by atoms with Gasteiger partial charge in [0, 0.05) is 37.6 Å². The molecule has 18 heavy (non-hydrogen) atoms. The van der Waals surface area contributed by atoms with Gasteiger partial charge in [-0.2, -0.15) is 0 Å². The van der Waals surface area contributed by atoms with Gasteiger partial charge in [-0.3, -0.25) is 4.90 Å². The summed E-state index contributed by atoms with van der Waals surface area (Å²) in [6, 6.07) is 0.746. The number of nitrogens with one attached hydrogen (secondary N) is 1. The Morgan fingerprint density at radius 2 is 2.11 bits per heavy atom. The normalized spacial score (nSPS) is 14.9. The summed E-state index contributed by atoms with van der Waals surface area (Å²) in [5.41, 5.74) is 1.15. The summed E-state index contributed by atoms with van der Waals surface area (Å²) in [4.78, 5) is 6.93. The van der Waals surface area contributed by atoms with E-state index < -0.39 is 0 Å². The van der Waals surface area contributed by atoms with E-state index in [1.807, 2.05) is 12.2 Å². The zero-order valence-corrected chi connectivity index (χ0v) is 11.6. The van der Waals surface area contributed by atoms with Gasteiger partial charge in [0.05, 0.1) is 5.69 Å². The molecule has 0 unspecified atom stereocenters. The Bertz CT molecular complexity index is 385. The van der Waals surface area contributed by atoms with Crippen LogP contribution < -0.4 is 5.32 Å². The summed E-state index contributed by atoms with van der Waals surface area (Å²) >= 11 is 1.75. The minimum atomic E-state index is 0.746. The van der Waals surface area contributed by atoms with Crippen molar-refractivity contribution in [3.63, 3.8) is 0 Å². The lowest BCUT2D eigenvalue weighted by Crippen LogP contribution is -2.23. The van der Waals surface area contributed by atoms with E-state index in [9.17, 15) is 0 Å². The van der Waals surface area contributed by atoms with Crippen LogP contribution in [-0.2, 0) is 13.1 Å². The third kappa shape index (κ3) is 4.37. The highest BCUT2D eigenvalue weighted by Gasteiger charge is 2.20. The zero-order chi connectivity index (χ0) is 12.8. The number of thiazole rings is 1. The molecule has 1 fully saturated rings. The monoisotopic (exact) mass is 263 g/mol. The quantitative estimate of drug-likeness (QED) is 0.694. The van der Waals surface area contributed by atoms with Gasteiger partial charge >= 0.3 is 0 Å². The smallest absolute Gasteiger partial charge is 0.107 e. The van der Waals surface area contributed by atoms with Crippen LogP contribution in [0.5, 0.6) is 0 Å². The molecule has 1 aromatic rings. The van der Waals surface area contributed by atoms with Gasteiger partial charge in [-0.25, -0.2) is 4.98 Å². The summed E-state index contributed by atoms with van der Waals surface area (Å²) in [5.74, 6) is 0. The second-order valence-electron chi connectivity index (χ2n) is 4.66. The maximum atomic E-state index is 4.66. The minimum absolute atomic E-state index is 0.746. The summed E-state index contributed by atoms with van der Waals surface area (Å²) in [5, 5.41) is 6.84. The molecule has 4 heteroatoms. The van der Waals surface area contributed by atoms with Crippen molar-refractivity contribution in [2.24, 2.45) is 0 Å². The van der Waals surface area contributed by atoms with E-state index in [0.29, 0.717) is 0 Å². The van der Waals surface area contributed by atoms with Crippen LogP contribution in [0, 0.1) is 0 Å². The summed E-state index contributed by atoms with van der Waals surface area (Å²) in [6.45, 7) is 11.1. The highest BCUT2D eigenvalue weighted by molar-refractivity contribution is 7.09. The maximum absolute atomic E-state index is 4.66. The molecule has 1 heterocycles. The molecule has 0 saturated heterocycles. The fourth-order valence-electron chi connectivity index (χ4n) is 1.82. The molecule has 0 bridgehead atoms. The van der Waals surface area contributed by atoms with Gasteiger partial charge in [-0.1, -0.05) is 12.2 Å². The standard InChI is InChI=1S/C14H21N3S/c1-3-7-17(8-4-2)10-13-11-18-14(16-13)9-15-12-5-6-12/h3-4,11-12,15H,1-2,5-10H2. The summed E-state index contributed by atoms with van der Waals surface area (Å²) < 4.78 is 0. The molecule has 2 rings (SSSR count). The predicted molar refractivity (Wildman–Crippen MR) is 77.6 cm³/mol. The van der Waals surface area contributed by atoms with Gasteiger partial charge in [0.1, 0.15) is 5.01 Å². The van der Waals surface area contributed by atoms with Crippen molar-refractivity contribution in [2.45, 2.75) is 32.0 Å². The first-order valence-electron chi connectivity index (χ1n) is 6.42. The lowest BCUT2D eigenvalue weighted by molar-refractivity contribution is 0.324. The zero-order valence-electron chi connectivity index (χ0n) is 10.8. The van der Waals surface area contributed by atoms with Crippen molar-refractivity contribution in [3.8, 4) is 0 Å². The largest absolute Gasteiger partial charge is 0.308 e. The van der Waals surface area contributed by atoms with E-state index in [0.717, 1.165) is 37.9 Å². The van der Waals surface area contributed by atoms with Gasteiger partial charge < -0.3 is 5.32 Å². The summed E-state index contributed by atoms with van der Waals surface area (Å²) in [7, 11) is 0. The lowest BCUT2D eigenvalue weighted by Gasteiger charge is -2.16. The average Bonchev–Trinajstić information content (AvgIpc) is 3.08. The molecule has 3 nitrogen and oxygen atoms in total. The highest BCUT2D eigenvalue weighted by Crippen LogP contribution is 2.20. The van der Waals surface area contributed by atoms with Crippen molar-refractivity contribution in [3.05, 3.63) is 41.4 Å². The second-order valence-corrected chi connectivity index (χ2v) is 5.60. The topological polar surface area (TPSA) is 28.2 Å². The van der Waals surface area contributed by atoms with Crippen LogP contribution in [0.4, 0.5) is 0 Å². The number of rotatable bonds is 9. The van der Waals surface area contributed by atoms with E-state index in [4.69, 9.17) is 0 Å². The van der Waals surface area contributed by atoms with Crippen LogP contribution in [0.3, 0.4) is 0 Å². The van der Waals surface area contributed by atoms with Crippen LogP contribution in [-0.4, -0.2) is 29.0 Å². The van der Waals surface area contributed by atoms with E-state index in [-0.39, 0.29) is 0 Å². The number of hydrogen-bond donors (Lipinski definition) is 1. The van der Waals surface area contributed by atoms with E-state index in [1.165, 1.54) is 17.8 Å². The third-order valence-electron chi connectivity index (χ3n) is 2.88. The van der Waals surface area contributed by atoms with Crippen LogP contribution >= 0.6 is 11.3 Å². The minimum Gasteiger partial charge on any atom is -0.308 e. The maximum Gasteiger partial charge on any atom is 0.107 e. The van der Waals surface area contributed by atoms with Crippen LogP contribution in [0.15, 0.2) is 30.7 Å². The van der Waals surface area contributed by atoms with Gasteiger partial charge in [0.25, 0.3) is 0 Å². The Hall–Kier alpha value is -0.970. The fraction of sp³-hybridized carbons (Fsp3) is 0.500. The molecule has 0 atom stereocenters. The molecule has 1 saturated carbocycles. The van der Waals surface area contributed by atoms with Gasteiger partial charge in [0.15, 0.2) is 0 Å². The molecule has 0 radical (unpaired) electrons. The molecule has 1 aromatic heterocycles. The third-order valence-corrected chi connectivity index (χ3v) is 3.78. The van der Waals surface area contributed by atoms with Crippen molar-refractivity contribution < 1.29 is 0 Å². The lowest BCUT2D eigenvalue weighted by atomic mass is 10.4. The number of nitrogens with zero attached hydrogens (tertiary/aromatic N) is 2. The predicted octanol–water partition coefficient (Wildman–Crippen LogP) is 2.57. The SMILES string of the molecule is C=CCN(CC=C)Cc1csc(CNC2CC2)n1. The Balaban J connectivity index is 1.82. The molecular formula is C14H21N3S. The highest BCUT2D eigenvalue weighted by atomic mass is 32.1. The molecule has 0 spiro atoms. The average molecular weight is 263 g/mol. The van der Waals surface area contributed by atoms with Crippen LogP contribution in [0.25, 0.3) is 0 Å². The molecule has 0 aromatic carbocycles. The van der Waals surface area contributed by atoms with Crippen LogP contribution in [0.2, 0.25) is 0 Å². The Morgan fingerprint density at radius 3 is 2.72 bits per heavy atom. The molecule has 0 amide bonds. The van der Waals surface area contributed by atoms with E-state index in [2.05, 4.69) is 33.7 Å². The fourth-order valence-corrected chi connectivity index (χ4v) is 2.56. The number of hydrogen-bond acceptors (Lipinski definition) is 4. The van der Waals surface area contributed by atoms with Gasteiger partial charge in [-0.05, 0) is 12.8 Å². The Labute approximate surface area is 113 Å². The molecule has 98 valence electrons. The van der Waals surface area contributed by atoms with Gasteiger partial charge in [-0.15, -0.1) is 24.5 Å². The van der Waals surface area contributed by atoms with E-state index >= 15 is 0 Å². The molecular weight excluding hydrogens is 242 g/mol. The van der Waals surface area contributed by atoms with Crippen molar-refractivity contribution in [1.29, 1.82) is 0 Å². The number of aromatic nitrogens is 1. The summed E-state index contributed by atoms with van der Waals surface area (Å²) in [6.07, 6.45) is 6.49. The first-order chi connectivity index (χ1) is 8.81. The molecule has 0 aliphatic heterocycles. The van der Waals surface area contributed by atoms with Crippen LogP contribution in [0.1, 0.15) is 23.5 Å².